The predicted octanol–water partition coefficient (Wildman–Crippen LogP) is 2.55. The summed E-state index contributed by atoms with van der Waals surface area (Å²) >= 11 is 1.35. The van der Waals surface area contributed by atoms with Gasteiger partial charge >= 0.3 is 0 Å². The van der Waals surface area contributed by atoms with Gasteiger partial charge in [-0.2, -0.15) is 4.99 Å². The summed E-state index contributed by atoms with van der Waals surface area (Å²) in [5, 5.41) is 0.368. The van der Waals surface area contributed by atoms with E-state index in [4.69, 9.17) is 9.47 Å². The van der Waals surface area contributed by atoms with Crippen molar-refractivity contribution in [1.82, 2.24) is 0 Å². The molecule has 2 atom stereocenters. The minimum atomic E-state index is -3.12. The summed E-state index contributed by atoms with van der Waals surface area (Å²) in [5.74, 6) is 1.11. The smallest absolute Gasteiger partial charge is 0.252 e. The number of carbonyl (C=O) groups is 1. The SMILES string of the molecule is COc1cccc(N2C(=NC(=O)Cc3ccccc3OC)S[C@H]3CS(=O)(=O)C[C@@H]32)c1. The van der Waals surface area contributed by atoms with Gasteiger partial charge in [0.25, 0.3) is 5.91 Å². The van der Waals surface area contributed by atoms with Gasteiger partial charge in [0, 0.05) is 22.6 Å². The van der Waals surface area contributed by atoms with E-state index in [1.165, 1.54) is 11.8 Å². The molecule has 30 heavy (non-hydrogen) atoms. The number of sulfone groups is 1. The zero-order valence-electron chi connectivity index (χ0n) is 16.6. The van der Waals surface area contributed by atoms with E-state index in [1.54, 1.807) is 20.3 Å². The van der Waals surface area contributed by atoms with Gasteiger partial charge in [-0.3, -0.25) is 4.79 Å². The van der Waals surface area contributed by atoms with Crippen molar-refractivity contribution in [2.75, 3.05) is 30.6 Å². The van der Waals surface area contributed by atoms with Crippen LogP contribution in [0.25, 0.3) is 0 Å². The first-order valence-electron chi connectivity index (χ1n) is 9.44. The number of amides is 1. The van der Waals surface area contributed by atoms with E-state index in [1.807, 2.05) is 47.4 Å². The zero-order valence-corrected chi connectivity index (χ0v) is 18.3. The maximum absolute atomic E-state index is 12.8. The molecule has 0 bridgehead atoms. The van der Waals surface area contributed by atoms with Crippen molar-refractivity contribution in [1.29, 1.82) is 0 Å². The molecule has 2 aromatic carbocycles. The summed E-state index contributed by atoms with van der Waals surface area (Å²) < 4.78 is 35.0. The number of carbonyl (C=O) groups excluding carboxylic acids is 1. The average Bonchev–Trinajstić information content (AvgIpc) is 3.18. The predicted molar refractivity (Wildman–Crippen MR) is 118 cm³/mol. The Morgan fingerprint density at radius 1 is 1.13 bits per heavy atom. The van der Waals surface area contributed by atoms with Crippen molar-refractivity contribution in [2.45, 2.75) is 17.7 Å². The third-order valence-corrected chi connectivity index (χ3v) is 8.36. The monoisotopic (exact) mass is 446 g/mol. The van der Waals surface area contributed by atoms with Crippen molar-refractivity contribution in [3.8, 4) is 11.5 Å². The van der Waals surface area contributed by atoms with E-state index < -0.39 is 9.84 Å². The summed E-state index contributed by atoms with van der Waals surface area (Å²) in [6.07, 6.45) is 0.105. The van der Waals surface area contributed by atoms with Crippen LogP contribution in [0.3, 0.4) is 0 Å². The van der Waals surface area contributed by atoms with Gasteiger partial charge < -0.3 is 14.4 Å². The average molecular weight is 447 g/mol. The Hall–Kier alpha value is -2.52. The molecule has 0 aromatic heterocycles. The molecule has 0 radical (unpaired) electrons. The lowest BCUT2D eigenvalue weighted by Gasteiger charge is -2.24. The minimum absolute atomic E-state index is 0.0432. The second-order valence-electron chi connectivity index (χ2n) is 7.15. The molecule has 2 aliphatic heterocycles. The second kappa shape index (κ2) is 8.31. The molecule has 9 heteroatoms. The van der Waals surface area contributed by atoms with Gasteiger partial charge in [0.15, 0.2) is 15.0 Å². The number of para-hydroxylation sites is 1. The number of hydrogen-bond donors (Lipinski definition) is 0. The normalized spacial score (nSPS) is 23.4. The van der Waals surface area contributed by atoms with Crippen molar-refractivity contribution >= 4 is 38.4 Å². The van der Waals surface area contributed by atoms with Crippen LogP contribution < -0.4 is 14.4 Å². The number of ether oxygens (including phenoxy) is 2. The fraction of sp³-hybridized carbons (Fsp3) is 0.333. The van der Waals surface area contributed by atoms with Crippen LogP contribution in [0.5, 0.6) is 11.5 Å². The van der Waals surface area contributed by atoms with Crippen LogP contribution in [-0.2, 0) is 21.1 Å². The van der Waals surface area contributed by atoms with Crippen LogP contribution in [0, 0.1) is 0 Å². The van der Waals surface area contributed by atoms with Crippen molar-refractivity contribution in [2.24, 2.45) is 4.99 Å². The number of fused-ring (bicyclic) bond motifs is 1. The topological polar surface area (TPSA) is 85.3 Å². The first-order chi connectivity index (χ1) is 14.4. The first-order valence-corrected chi connectivity index (χ1v) is 12.1. The van der Waals surface area contributed by atoms with Gasteiger partial charge in [-0.1, -0.05) is 36.0 Å². The molecule has 2 saturated heterocycles. The van der Waals surface area contributed by atoms with E-state index in [0.29, 0.717) is 16.7 Å². The molecule has 0 spiro atoms. The quantitative estimate of drug-likeness (QED) is 0.698. The summed E-state index contributed by atoms with van der Waals surface area (Å²) in [5.41, 5.74) is 1.52. The van der Waals surface area contributed by atoms with Gasteiger partial charge in [0.1, 0.15) is 11.5 Å². The number of thioether (sulfide) groups is 1. The van der Waals surface area contributed by atoms with Crippen LogP contribution in [0.15, 0.2) is 53.5 Å². The molecule has 0 N–H and O–H groups in total. The summed E-state index contributed by atoms with van der Waals surface area (Å²) in [6.45, 7) is 0. The number of benzene rings is 2. The highest BCUT2D eigenvalue weighted by Crippen LogP contribution is 2.41. The second-order valence-corrected chi connectivity index (χ2v) is 10.5. The van der Waals surface area contributed by atoms with E-state index >= 15 is 0 Å². The van der Waals surface area contributed by atoms with Crippen LogP contribution in [0.1, 0.15) is 5.56 Å². The highest BCUT2D eigenvalue weighted by molar-refractivity contribution is 8.16. The molecular formula is C21H22N2O5S2. The lowest BCUT2D eigenvalue weighted by Crippen LogP contribution is -2.37. The Morgan fingerprint density at radius 2 is 1.93 bits per heavy atom. The van der Waals surface area contributed by atoms with Gasteiger partial charge in [-0.15, -0.1) is 0 Å². The molecule has 2 aliphatic rings. The maximum atomic E-state index is 12.8. The molecular weight excluding hydrogens is 424 g/mol. The molecule has 1 amide bonds. The standard InChI is InChI=1S/C21H22N2O5S2/c1-27-16-8-5-7-15(11-16)23-17-12-30(25,26)13-19(17)29-21(23)22-20(24)10-14-6-3-4-9-18(14)28-2/h3-9,11,17,19H,10,12-13H2,1-2H3/t17-,19-/m0/s1. The fourth-order valence-corrected chi connectivity index (χ4v) is 7.72. The zero-order chi connectivity index (χ0) is 21.3. The Bertz CT molecular complexity index is 1100. The number of anilines is 1. The number of hydrogen-bond acceptors (Lipinski definition) is 6. The van der Waals surface area contributed by atoms with E-state index in [9.17, 15) is 13.2 Å². The molecule has 0 saturated carbocycles. The molecule has 2 aromatic rings. The Kier molecular flexibility index (Phi) is 5.75. The Morgan fingerprint density at radius 3 is 2.70 bits per heavy atom. The number of rotatable bonds is 5. The van der Waals surface area contributed by atoms with Crippen LogP contribution >= 0.6 is 11.8 Å². The lowest BCUT2D eigenvalue weighted by atomic mass is 10.1. The Balaban J connectivity index is 1.66. The minimum Gasteiger partial charge on any atom is -0.497 e. The maximum Gasteiger partial charge on any atom is 0.252 e. The third kappa shape index (κ3) is 4.17. The van der Waals surface area contributed by atoms with Crippen LogP contribution in [-0.4, -0.2) is 56.5 Å². The van der Waals surface area contributed by atoms with E-state index in [2.05, 4.69) is 4.99 Å². The van der Waals surface area contributed by atoms with Gasteiger partial charge in [-0.25, -0.2) is 8.42 Å². The van der Waals surface area contributed by atoms with Crippen LogP contribution in [0.2, 0.25) is 0 Å². The fourth-order valence-electron chi connectivity index (χ4n) is 3.78. The molecule has 7 nitrogen and oxygen atoms in total. The Labute approximate surface area is 180 Å². The number of methoxy groups -OCH3 is 2. The van der Waals surface area contributed by atoms with Gasteiger partial charge in [-0.05, 0) is 18.2 Å². The van der Waals surface area contributed by atoms with Gasteiger partial charge in [0.2, 0.25) is 0 Å². The molecule has 4 rings (SSSR count). The van der Waals surface area contributed by atoms with Crippen molar-refractivity contribution in [3.05, 3.63) is 54.1 Å². The summed E-state index contributed by atoms with van der Waals surface area (Å²) in [6, 6.07) is 14.4. The van der Waals surface area contributed by atoms with Crippen LogP contribution in [0.4, 0.5) is 5.69 Å². The van der Waals surface area contributed by atoms with E-state index in [0.717, 1.165) is 11.3 Å². The largest absolute Gasteiger partial charge is 0.497 e. The number of aliphatic imine (C=N–C) groups is 1. The van der Waals surface area contributed by atoms with E-state index in [-0.39, 0.29) is 35.1 Å². The van der Waals surface area contributed by atoms with Crippen molar-refractivity contribution < 1.29 is 22.7 Å². The lowest BCUT2D eigenvalue weighted by molar-refractivity contribution is -0.117. The first kappa shape index (κ1) is 20.7. The number of amidine groups is 1. The number of nitrogens with zero attached hydrogens (tertiary/aromatic N) is 2. The molecule has 158 valence electrons. The summed E-state index contributed by atoms with van der Waals surface area (Å²) in [4.78, 5) is 19.0. The molecule has 2 heterocycles. The van der Waals surface area contributed by atoms with Gasteiger partial charge in [0.05, 0.1) is 38.2 Å². The third-order valence-electron chi connectivity index (χ3n) is 5.15. The van der Waals surface area contributed by atoms with Crippen molar-refractivity contribution in [3.63, 3.8) is 0 Å². The molecule has 2 fully saturated rings. The molecule has 0 aliphatic carbocycles. The summed E-state index contributed by atoms with van der Waals surface area (Å²) in [7, 11) is 0.0177. The highest BCUT2D eigenvalue weighted by Gasteiger charge is 2.49. The molecule has 0 unspecified atom stereocenters. The highest BCUT2D eigenvalue weighted by atomic mass is 32.2.